The topological polar surface area (TPSA) is 33.7 Å². The summed E-state index contributed by atoms with van der Waals surface area (Å²) in [5.74, 6) is 0.850. The second-order valence-electron chi connectivity index (χ2n) is 6.87. The van der Waals surface area contributed by atoms with Gasteiger partial charge in [-0.2, -0.15) is 0 Å². The summed E-state index contributed by atoms with van der Waals surface area (Å²) in [5, 5.41) is 3.63. The molecular formula is C16H34N2O2. The van der Waals surface area contributed by atoms with E-state index in [1.807, 2.05) is 0 Å². The maximum Gasteiger partial charge on any atom is 0.0700 e. The van der Waals surface area contributed by atoms with Crippen LogP contribution in [0.25, 0.3) is 0 Å². The summed E-state index contributed by atoms with van der Waals surface area (Å²) in [6, 6.07) is 0. The zero-order valence-electron chi connectivity index (χ0n) is 13.9. The first-order valence-corrected chi connectivity index (χ1v) is 8.05. The van der Waals surface area contributed by atoms with Gasteiger partial charge < -0.3 is 19.7 Å². The molecule has 0 aromatic carbocycles. The van der Waals surface area contributed by atoms with Crippen molar-refractivity contribution < 1.29 is 9.47 Å². The number of hydrogen-bond acceptors (Lipinski definition) is 4. The van der Waals surface area contributed by atoms with Crippen molar-refractivity contribution in [2.45, 2.75) is 45.6 Å². The van der Waals surface area contributed by atoms with Crippen molar-refractivity contribution in [1.29, 1.82) is 0 Å². The Kier molecular flexibility index (Phi) is 8.69. The lowest BCUT2D eigenvalue weighted by Crippen LogP contribution is -2.43. The Bertz CT molecular complexity index is 233. The third-order valence-electron chi connectivity index (χ3n) is 3.82. The van der Waals surface area contributed by atoms with E-state index in [0.29, 0.717) is 6.61 Å². The van der Waals surface area contributed by atoms with Gasteiger partial charge in [-0.05, 0) is 65.6 Å². The minimum Gasteiger partial charge on any atom is -0.382 e. The standard InChI is InChI=1S/C16H34N2O2/c1-16(2,3)17-14-15-6-9-18(10-7-15)8-5-11-20-13-12-19-4/h15,17H,5-14H2,1-4H3. The normalized spacial score (nSPS) is 18.6. The summed E-state index contributed by atoms with van der Waals surface area (Å²) in [6.07, 6.45) is 3.79. The van der Waals surface area contributed by atoms with Crippen LogP contribution in [-0.2, 0) is 9.47 Å². The Morgan fingerprint density at radius 3 is 2.40 bits per heavy atom. The molecule has 0 saturated carbocycles. The molecule has 0 aromatic rings. The Balaban J connectivity index is 1.99. The van der Waals surface area contributed by atoms with Crippen LogP contribution in [0.5, 0.6) is 0 Å². The van der Waals surface area contributed by atoms with Gasteiger partial charge in [0.2, 0.25) is 0 Å². The minimum absolute atomic E-state index is 0.247. The number of ether oxygens (including phenoxy) is 2. The van der Waals surface area contributed by atoms with Crippen molar-refractivity contribution in [2.75, 3.05) is 53.1 Å². The van der Waals surface area contributed by atoms with E-state index in [2.05, 4.69) is 31.0 Å². The second kappa shape index (κ2) is 9.72. The van der Waals surface area contributed by atoms with E-state index in [4.69, 9.17) is 9.47 Å². The van der Waals surface area contributed by atoms with Crippen molar-refractivity contribution >= 4 is 0 Å². The van der Waals surface area contributed by atoms with Gasteiger partial charge >= 0.3 is 0 Å². The molecule has 1 rings (SSSR count). The molecule has 0 bridgehead atoms. The first-order valence-electron chi connectivity index (χ1n) is 8.05. The summed E-state index contributed by atoms with van der Waals surface area (Å²) >= 11 is 0. The van der Waals surface area contributed by atoms with Gasteiger partial charge in [0.05, 0.1) is 13.2 Å². The fourth-order valence-corrected chi connectivity index (χ4v) is 2.50. The van der Waals surface area contributed by atoms with Crippen LogP contribution < -0.4 is 5.32 Å². The van der Waals surface area contributed by atoms with E-state index in [1.165, 1.54) is 32.5 Å². The van der Waals surface area contributed by atoms with E-state index in [1.54, 1.807) is 7.11 Å². The van der Waals surface area contributed by atoms with Crippen LogP contribution in [0.1, 0.15) is 40.0 Å². The molecule has 0 atom stereocenters. The zero-order chi connectivity index (χ0) is 14.8. The molecule has 0 aromatic heterocycles. The number of nitrogens with one attached hydrogen (secondary N) is 1. The molecule has 0 aliphatic carbocycles. The van der Waals surface area contributed by atoms with E-state index in [-0.39, 0.29) is 5.54 Å². The highest BCUT2D eigenvalue weighted by Gasteiger charge is 2.20. The molecule has 1 heterocycles. The molecule has 0 radical (unpaired) electrons. The Morgan fingerprint density at radius 1 is 1.10 bits per heavy atom. The summed E-state index contributed by atoms with van der Waals surface area (Å²) < 4.78 is 10.5. The lowest BCUT2D eigenvalue weighted by atomic mass is 9.95. The molecule has 1 aliphatic heterocycles. The molecule has 120 valence electrons. The van der Waals surface area contributed by atoms with Crippen LogP contribution in [0, 0.1) is 5.92 Å². The number of nitrogens with zero attached hydrogens (tertiary/aromatic N) is 1. The van der Waals surface area contributed by atoms with Gasteiger partial charge in [0.1, 0.15) is 0 Å². The lowest BCUT2D eigenvalue weighted by molar-refractivity contribution is 0.0629. The summed E-state index contributed by atoms with van der Waals surface area (Å²) in [6.45, 7) is 13.8. The molecular weight excluding hydrogens is 252 g/mol. The predicted molar refractivity (Wildman–Crippen MR) is 84.2 cm³/mol. The zero-order valence-corrected chi connectivity index (χ0v) is 13.9. The molecule has 4 nitrogen and oxygen atoms in total. The highest BCUT2D eigenvalue weighted by molar-refractivity contribution is 4.77. The lowest BCUT2D eigenvalue weighted by Gasteiger charge is -2.33. The van der Waals surface area contributed by atoms with E-state index in [0.717, 1.165) is 32.1 Å². The fourth-order valence-electron chi connectivity index (χ4n) is 2.50. The maximum atomic E-state index is 5.50. The maximum absolute atomic E-state index is 5.50. The van der Waals surface area contributed by atoms with Crippen LogP contribution in [-0.4, -0.2) is 63.5 Å². The van der Waals surface area contributed by atoms with Crippen LogP contribution in [0.15, 0.2) is 0 Å². The van der Waals surface area contributed by atoms with Crippen molar-refractivity contribution in [1.82, 2.24) is 10.2 Å². The minimum atomic E-state index is 0.247. The molecule has 0 unspecified atom stereocenters. The second-order valence-corrected chi connectivity index (χ2v) is 6.87. The van der Waals surface area contributed by atoms with Crippen molar-refractivity contribution in [3.05, 3.63) is 0 Å². The van der Waals surface area contributed by atoms with Crippen molar-refractivity contribution in [2.24, 2.45) is 5.92 Å². The highest BCUT2D eigenvalue weighted by atomic mass is 16.5. The molecule has 0 amide bonds. The first-order chi connectivity index (χ1) is 9.51. The predicted octanol–water partition coefficient (Wildman–Crippen LogP) is 2.14. The van der Waals surface area contributed by atoms with Crippen LogP contribution >= 0.6 is 0 Å². The highest BCUT2D eigenvalue weighted by Crippen LogP contribution is 2.17. The van der Waals surface area contributed by atoms with E-state index < -0.39 is 0 Å². The Labute approximate surface area is 125 Å². The number of methoxy groups -OCH3 is 1. The average Bonchev–Trinajstić information content (AvgIpc) is 2.41. The molecule has 4 heteroatoms. The van der Waals surface area contributed by atoms with Gasteiger partial charge in [-0.3, -0.25) is 0 Å². The SMILES string of the molecule is COCCOCCCN1CCC(CNC(C)(C)C)CC1. The third-order valence-corrected chi connectivity index (χ3v) is 3.82. The fraction of sp³-hybridized carbons (Fsp3) is 1.00. The first kappa shape index (κ1) is 17.9. The smallest absolute Gasteiger partial charge is 0.0700 e. The molecule has 20 heavy (non-hydrogen) atoms. The van der Waals surface area contributed by atoms with Crippen LogP contribution in [0.2, 0.25) is 0 Å². The summed E-state index contributed by atoms with van der Waals surface area (Å²) in [4.78, 5) is 2.58. The van der Waals surface area contributed by atoms with Gasteiger partial charge in [-0.1, -0.05) is 0 Å². The van der Waals surface area contributed by atoms with Crippen molar-refractivity contribution in [3.63, 3.8) is 0 Å². The monoisotopic (exact) mass is 286 g/mol. The Hall–Kier alpha value is -0.160. The molecule has 0 spiro atoms. The third kappa shape index (κ3) is 8.90. The van der Waals surface area contributed by atoms with E-state index >= 15 is 0 Å². The largest absolute Gasteiger partial charge is 0.382 e. The molecule has 1 saturated heterocycles. The molecule has 1 N–H and O–H groups in total. The number of likely N-dealkylation sites (tertiary alicyclic amines) is 1. The van der Waals surface area contributed by atoms with Gasteiger partial charge in [0.25, 0.3) is 0 Å². The van der Waals surface area contributed by atoms with Gasteiger partial charge in [0.15, 0.2) is 0 Å². The average molecular weight is 286 g/mol. The van der Waals surface area contributed by atoms with Crippen LogP contribution in [0.3, 0.4) is 0 Å². The van der Waals surface area contributed by atoms with Crippen LogP contribution in [0.4, 0.5) is 0 Å². The number of rotatable bonds is 9. The number of piperidine rings is 1. The van der Waals surface area contributed by atoms with Gasteiger partial charge in [-0.15, -0.1) is 0 Å². The van der Waals surface area contributed by atoms with Crippen molar-refractivity contribution in [3.8, 4) is 0 Å². The quantitative estimate of drug-likeness (QED) is 0.659. The van der Waals surface area contributed by atoms with Gasteiger partial charge in [0, 0.05) is 25.8 Å². The molecule has 1 fully saturated rings. The van der Waals surface area contributed by atoms with Gasteiger partial charge in [-0.25, -0.2) is 0 Å². The summed E-state index contributed by atoms with van der Waals surface area (Å²) in [5.41, 5.74) is 0.247. The van der Waals surface area contributed by atoms with E-state index in [9.17, 15) is 0 Å². The Morgan fingerprint density at radius 2 is 1.80 bits per heavy atom. The summed E-state index contributed by atoms with van der Waals surface area (Å²) in [7, 11) is 1.71. The number of hydrogen-bond donors (Lipinski definition) is 1. The molecule has 1 aliphatic rings.